The van der Waals surface area contributed by atoms with E-state index in [0.717, 1.165) is 6.42 Å². The van der Waals surface area contributed by atoms with E-state index in [9.17, 15) is 0 Å². The predicted molar refractivity (Wildman–Crippen MR) is 62.9 cm³/mol. The van der Waals surface area contributed by atoms with Gasteiger partial charge in [0.1, 0.15) is 0 Å². The van der Waals surface area contributed by atoms with E-state index in [4.69, 9.17) is 5.11 Å². The molecule has 0 aliphatic heterocycles. The lowest BCUT2D eigenvalue weighted by molar-refractivity contribution is 0.292. The molecule has 1 nitrogen and oxygen atoms in total. The molecule has 0 spiro atoms. The molecule has 0 saturated carbocycles. The van der Waals surface area contributed by atoms with Crippen LogP contribution in [-0.4, -0.2) is 17.0 Å². The van der Waals surface area contributed by atoms with Crippen LogP contribution in [0, 0.1) is 13.8 Å². The first-order valence-electron chi connectivity index (χ1n) is 5.02. The molecule has 0 heterocycles. The molecule has 0 fully saturated rings. The lowest BCUT2D eigenvalue weighted by Gasteiger charge is -2.11. The van der Waals surface area contributed by atoms with Crippen LogP contribution in [0.15, 0.2) is 23.1 Å². The second-order valence-electron chi connectivity index (χ2n) is 3.58. The summed E-state index contributed by atoms with van der Waals surface area (Å²) in [5.41, 5.74) is 2.65. The summed E-state index contributed by atoms with van der Waals surface area (Å²) in [5, 5.41) is 9.42. The van der Waals surface area contributed by atoms with Gasteiger partial charge in [0.05, 0.1) is 6.61 Å². The summed E-state index contributed by atoms with van der Waals surface area (Å²) in [6, 6.07) is 6.46. The number of thioether (sulfide) groups is 1. The maximum Gasteiger partial charge on any atom is 0.0553 e. The molecule has 0 bridgehead atoms. The van der Waals surface area contributed by atoms with Crippen molar-refractivity contribution in [1.29, 1.82) is 0 Å². The van der Waals surface area contributed by atoms with Crippen molar-refractivity contribution in [2.24, 2.45) is 0 Å². The van der Waals surface area contributed by atoms with Gasteiger partial charge < -0.3 is 5.11 Å². The van der Waals surface area contributed by atoms with Crippen molar-refractivity contribution >= 4 is 11.8 Å². The molecule has 78 valence electrons. The highest BCUT2D eigenvalue weighted by Gasteiger charge is 2.06. The van der Waals surface area contributed by atoms with Crippen LogP contribution >= 0.6 is 11.8 Å². The standard InChI is InChI=1S/C12H18OS/c1-4-11(8-13)14-12-6-5-9(2)10(3)7-12/h5-7,11,13H,4,8H2,1-3H3. The number of benzene rings is 1. The molecule has 2 heteroatoms. The van der Waals surface area contributed by atoms with Crippen LogP contribution in [0.1, 0.15) is 24.5 Å². The summed E-state index contributed by atoms with van der Waals surface area (Å²) in [5.74, 6) is 0. The highest BCUT2D eigenvalue weighted by molar-refractivity contribution is 8.00. The smallest absolute Gasteiger partial charge is 0.0553 e. The lowest BCUT2D eigenvalue weighted by atomic mass is 10.1. The fourth-order valence-corrected chi connectivity index (χ4v) is 2.25. The first-order valence-corrected chi connectivity index (χ1v) is 5.90. The second-order valence-corrected chi connectivity index (χ2v) is 4.95. The number of hydrogen-bond donors (Lipinski definition) is 1. The molecule has 0 saturated heterocycles. The summed E-state index contributed by atoms with van der Waals surface area (Å²) < 4.78 is 0. The Balaban J connectivity index is 2.72. The topological polar surface area (TPSA) is 20.2 Å². The average molecular weight is 210 g/mol. The minimum atomic E-state index is 0.258. The molecular weight excluding hydrogens is 192 g/mol. The van der Waals surface area contributed by atoms with Crippen LogP contribution in [0.5, 0.6) is 0 Å². The molecule has 1 N–H and O–H groups in total. The highest BCUT2D eigenvalue weighted by atomic mass is 32.2. The van der Waals surface area contributed by atoms with Crippen molar-refractivity contribution in [2.45, 2.75) is 37.3 Å². The monoisotopic (exact) mass is 210 g/mol. The fourth-order valence-electron chi connectivity index (χ4n) is 1.23. The Kier molecular flexibility index (Phi) is 4.49. The van der Waals surface area contributed by atoms with E-state index in [1.807, 2.05) is 0 Å². The summed E-state index contributed by atoms with van der Waals surface area (Å²) in [4.78, 5) is 1.26. The Morgan fingerprint density at radius 3 is 2.50 bits per heavy atom. The summed E-state index contributed by atoms with van der Waals surface area (Å²) in [6.45, 7) is 6.61. The predicted octanol–water partition coefficient (Wildman–Crippen LogP) is 3.17. The Morgan fingerprint density at radius 2 is 2.00 bits per heavy atom. The van der Waals surface area contributed by atoms with Crippen LogP contribution in [-0.2, 0) is 0 Å². The number of aryl methyl sites for hydroxylation is 2. The molecule has 0 radical (unpaired) electrons. The minimum absolute atomic E-state index is 0.258. The van der Waals surface area contributed by atoms with Gasteiger partial charge in [-0.1, -0.05) is 13.0 Å². The Morgan fingerprint density at radius 1 is 1.29 bits per heavy atom. The summed E-state index contributed by atoms with van der Waals surface area (Å²) >= 11 is 1.76. The maximum atomic E-state index is 9.09. The molecule has 1 rings (SSSR count). The van der Waals surface area contributed by atoms with Gasteiger partial charge in [-0.25, -0.2) is 0 Å². The molecule has 0 aromatic heterocycles. The maximum absolute atomic E-state index is 9.09. The van der Waals surface area contributed by atoms with E-state index in [2.05, 4.69) is 39.0 Å². The van der Waals surface area contributed by atoms with Crippen molar-refractivity contribution in [1.82, 2.24) is 0 Å². The van der Waals surface area contributed by atoms with E-state index in [-0.39, 0.29) is 6.61 Å². The first-order chi connectivity index (χ1) is 6.67. The van der Waals surface area contributed by atoms with Crippen molar-refractivity contribution in [3.63, 3.8) is 0 Å². The van der Waals surface area contributed by atoms with Crippen molar-refractivity contribution < 1.29 is 5.11 Å². The van der Waals surface area contributed by atoms with Crippen LogP contribution in [0.3, 0.4) is 0 Å². The van der Waals surface area contributed by atoms with Crippen molar-refractivity contribution in [3.8, 4) is 0 Å². The Hall–Kier alpha value is -0.470. The van der Waals surface area contributed by atoms with Gasteiger partial charge in [0.25, 0.3) is 0 Å². The highest BCUT2D eigenvalue weighted by Crippen LogP contribution is 2.26. The fraction of sp³-hybridized carbons (Fsp3) is 0.500. The molecule has 14 heavy (non-hydrogen) atoms. The van der Waals surface area contributed by atoms with Crippen molar-refractivity contribution in [2.75, 3.05) is 6.61 Å². The molecule has 1 aromatic carbocycles. The van der Waals surface area contributed by atoms with Gasteiger partial charge in [-0.05, 0) is 43.5 Å². The molecule has 0 amide bonds. The van der Waals surface area contributed by atoms with Crippen LogP contribution in [0.25, 0.3) is 0 Å². The number of rotatable bonds is 4. The number of hydrogen-bond acceptors (Lipinski definition) is 2. The Bertz CT molecular complexity index is 292. The number of aliphatic hydroxyl groups is 1. The van der Waals surface area contributed by atoms with Gasteiger partial charge in [-0.2, -0.15) is 0 Å². The zero-order valence-electron chi connectivity index (χ0n) is 9.08. The molecule has 1 atom stereocenters. The SMILES string of the molecule is CCC(CO)Sc1ccc(C)c(C)c1. The molecule has 0 aliphatic carbocycles. The third-order valence-electron chi connectivity index (χ3n) is 2.44. The summed E-state index contributed by atoms with van der Waals surface area (Å²) in [6.07, 6.45) is 1.01. The van der Waals surface area contributed by atoms with E-state index in [1.54, 1.807) is 11.8 Å². The second kappa shape index (κ2) is 5.42. The first kappa shape index (κ1) is 11.6. The minimum Gasteiger partial charge on any atom is -0.395 e. The van der Waals surface area contributed by atoms with E-state index in [1.165, 1.54) is 16.0 Å². The third-order valence-corrected chi connectivity index (χ3v) is 3.78. The lowest BCUT2D eigenvalue weighted by Crippen LogP contribution is -2.05. The van der Waals surface area contributed by atoms with E-state index >= 15 is 0 Å². The molecule has 0 aliphatic rings. The average Bonchev–Trinajstić information content (AvgIpc) is 2.19. The zero-order valence-corrected chi connectivity index (χ0v) is 9.90. The van der Waals surface area contributed by atoms with Crippen LogP contribution in [0.4, 0.5) is 0 Å². The number of aliphatic hydroxyl groups excluding tert-OH is 1. The van der Waals surface area contributed by atoms with Crippen LogP contribution < -0.4 is 0 Å². The van der Waals surface area contributed by atoms with Gasteiger partial charge in [-0.15, -0.1) is 11.8 Å². The van der Waals surface area contributed by atoms with E-state index < -0.39 is 0 Å². The van der Waals surface area contributed by atoms with Gasteiger partial charge in [0.15, 0.2) is 0 Å². The largest absolute Gasteiger partial charge is 0.395 e. The van der Waals surface area contributed by atoms with Gasteiger partial charge in [-0.3, -0.25) is 0 Å². The summed E-state index contributed by atoms with van der Waals surface area (Å²) in [7, 11) is 0. The molecule has 1 aromatic rings. The zero-order chi connectivity index (χ0) is 10.6. The van der Waals surface area contributed by atoms with Gasteiger partial charge in [0, 0.05) is 10.1 Å². The van der Waals surface area contributed by atoms with Crippen molar-refractivity contribution in [3.05, 3.63) is 29.3 Å². The Labute approximate surface area is 90.5 Å². The third kappa shape index (κ3) is 3.03. The van der Waals surface area contributed by atoms with E-state index in [0.29, 0.717) is 5.25 Å². The van der Waals surface area contributed by atoms with Gasteiger partial charge in [0.2, 0.25) is 0 Å². The van der Waals surface area contributed by atoms with Gasteiger partial charge >= 0.3 is 0 Å². The molecule has 1 unspecified atom stereocenters. The van der Waals surface area contributed by atoms with Crippen LogP contribution in [0.2, 0.25) is 0 Å². The molecular formula is C12H18OS. The normalized spacial score (nSPS) is 12.9. The quantitative estimate of drug-likeness (QED) is 0.770.